The predicted octanol–water partition coefficient (Wildman–Crippen LogP) is 4.19. The van der Waals surface area contributed by atoms with Gasteiger partial charge < -0.3 is 9.31 Å². The summed E-state index contributed by atoms with van der Waals surface area (Å²) in [5.41, 5.74) is 0. The lowest BCUT2D eigenvalue weighted by molar-refractivity contribution is -0.0532. The van der Waals surface area contributed by atoms with E-state index in [0.29, 0.717) is 12.8 Å². The van der Waals surface area contributed by atoms with Crippen molar-refractivity contribution in [2.45, 2.75) is 77.9 Å². The van der Waals surface area contributed by atoms with Crippen molar-refractivity contribution in [3.8, 4) is 0 Å². The Morgan fingerprint density at radius 2 is 1.28 bits per heavy atom. The molecule has 0 N–H and O–H groups in total. The van der Waals surface area contributed by atoms with Crippen LogP contribution >= 0.6 is 0 Å². The maximum absolute atomic E-state index is 13.1. The Morgan fingerprint density at radius 1 is 0.889 bits per heavy atom. The second-order valence-electron chi connectivity index (χ2n) is 4.37. The second-order valence-corrected chi connectivity index (χ2v) is 4.37. The van der Waals surface area contributed by atoms with E-state index in [9.17, 15) is 13.8 Å². The topological polar surface area (TPSA) is 38.4 Å². The van der Waals surface area contributed by atoms with Crippen LogP contribution in [0.2, 0.25) is 0 Å². The van der Waals surface area contributed by atoms with E-state index in [1.807, 2.05) is 13.8 Å². The van der Waals surface area contributed by atoms with Gasteiger partial charge in [-0.05, 0) is 12.8 Å². The summed E-state index contributed by atoms with van der Waals surface area (Å²) in [4.78, 5) is 0. The first-order valence-corrected chi connectivity index (χ1v) is 6.85. The van der Waals surface area contributed by atoms with Gasteiger partial charge in [0.25, 0.3) is 0 Å². The molecule has 0 aromatic rings. The van der Waals surface area contributed by atoms with Gasteiger partial charge >= 0.3 is 7.32 Å². The normalized spacial score (nSPS) is 14.5. The Hall–Kier alpha value is -0.195. The summed E-state index contributed by atoms with van der Waals surface area (Å²) in [6.45, 7) is 4.00. The van der Waals surface area contributed by atoms with E-state index in [4.69, 9.17) is 0 Å². The van der Waals surface area contributed by atoms with Crippen molar-refractivity contribution in [2.24, 2.45) is 0 Å². The number of hydrogen-bond donors (Lipinski definition) is 0. The quantitative estimate of drug-likeness (QED) is 0.392. The Labute approximate surface area is 109 Å². The van der Waals surface area contributed by atoms with Crippen molar-refractivity contribution in [1.29, 1.82) is 0 Å². The minimum Gasteiger partial charge on any atom is -0.354 e. The molecule has 0 fully saturated rings. The van der Waals surface area contributed by atoms with E-state index in [1.165, 1.54) is 0 Å². The maximum atomic E-state index is 13.1. The third-order valence-electron chi connectivity index (χ3n) is 2.59. The molecule has 107 valence electrons. The van der Waals surface area contributed by atoms with Crippen LogP contribution in [0, 0.1) is 0 Å². The van der Waals surface area contributed by atoms with Crippen molar-refractivity contribution < 1.29 is 23.1 Å². The molecule has 3 nitrogen and oxygen atoms in total. The van der Waals surface area contributed by atoms with E-state index in [0.717, 1.165) is 25.7 Å². The molecule has 0 amide bonds. The van der Waals surface area contributed by atoms with Gasteiger partial charge in [0.1, 0.15) is 0 Å². The highest BCUT2D eigenvalue weighted by Crippen LogP contribution is 2.12. The maximum Gasteiger partial charge on any atom is 0.671 e. The highest BCUT2D eigenvalue weighted by molar-refractivity contribution is 6.34. The van der Waals surface area contributed by atoms with Gasteiger partial charge in [0, 0.05) is 12.8 Å². The fourth-order valence-corrected chi connectivity index (χ4v) is 1.52. The van der Waals surface area contributed by atoms with Gasteiger partial charge in [0.2, 0.25) is 0 Å². The molecule has 0 aromatic heterocycles. The fraction of sp³-hybridized carbons (Fsp3) is 1.00. The number of unbranched alkanes of at least 4 members (excludes halogenated alkanes) is 4. The van der Waals surface area contributed by atoms with Crippen LogP contribution in [0.4, 0.5) is 8.78 Å². The molecule has 0 bridgehead atoms. The van der Waals surface area contributed by atoms with E-state index >= 15 is 0 Å². The number of hydrogen-bond acceptors (Lipinski definition) is 2. The highest BCUT2D eigenvalue weighted by atomic mass is 19.2. The number of alkyl halides is 2. The van der Waals surface area contributed by atoms with Gasteiger partial charge in [-0.25, -0.2) is 13.8 Å². The minimum atomic E-state index is -2.07. The zero-order chi connectivity index (χ0) is 13.8. The summed E-state index contributed by atoms with van der Waals surface area (Å²) in [6.07, 6.45) is 1.99. The van der Waals surface area contributed by atoms with Crippen LogP contribution in [-0.2, 0) is 14.3 Å². The molecule has 2 unspecified atom stereocenters. The molecule has 2 atom stereocenters. The second kappa shape index (κ2) is 11.9. The van der Waals surface area contributed by atoms with E-state index < -0.39 is 20.0 Å². The predicted molar refractivity (Wildman–Crippen MR) is 66.7 cm³/mol. The minimum absolute atomic E-state index is 0.155. The molecule has 0 rings (SSSR count). The van der Waals surface area contributed by atoms with Gasteiger partial charge in [-0.3, -0.25) is 0 Å². The summed E-state index contributed by atoms with van der Waals surface area (Å²) < 4.78 is 35.0. The molecule has 6 heteroatoms. The summed E-state index contributed by atoms with van der Waals surface area (Å²) in [5, 5.41) is 11.1. The summed E-state index contributed by atoms with van der Waals surface area (Å²) >= 11 is 0. The van der Waals surface area contributed by atoms with E-state index in [-0.39, 0.29) is 12.8 Å². The van der Waals surface area contributed by atoms with Crippen molar-refractivity contribution in [1.82, 2.24) is 0 Å². The number of halogens is 2. The summed E-state index contributed by atoms with van der Waals surface area (Å²) in [7, 11) is -2.07. The summed E-state index contributed by atoms with van der Waals surface area (Å²) in [5.74, 6) is 0. The molecule has 0 spiro atoms. The molecule has 1 radical (unpaired) electrons. The average molecular weight is 265 g/mol. The van der Waals surface area contributed by atoms with Gasteiger partial charge in [0.15, 0.2) is 12.7 Å². The van der Waals surface area contributed by atoms with Crippen LogP contribution < -0.4 is 0 Å². The molecule has 0 saturated carbocycles. The van der Waals surface area contributed by atoms with Crippen LogP contribution in [0.25, 0.3) is 0 Å². The Kier molecular flexibility index (Phi) is 11.7. The first-order chi connectivity index (χ1) is 8.60. The molecule has 0 aliphatic carbocycles. The Balaban J connectivity index is 3.58. The molecule has 0 aliphatic heterocycles. The standard InChI is InChI=1S/C12H24BF2O3/c1-3-5-7-9-11(14)17-13(16)18-12(15)10-8-6-4-2/h11-12H,3-10H2,1-2H3. The van der Waals surface area contributed by atoms with Crippen molar-refractivity contribution in [2.75, 3.05) is 0 Å². The van der Waals surface area contributed by atoms with Crippen LogP contribution in [0.15, 0.2) is 0 Å². The van der Waals surface area contributed by atoms with Crippen molar-refractivity contribution in [3.05, 3.63) is 0 Å². The van der Waals surface area contributed by atoms with Crippen molar-refractivity contribution in [3.63, 3.8) is 0 Å². The molecule has 0 saturated heterocycles. The van der Waals surface area contributed by atoms with Crippen LogP contribution in [0.1, 0.15) is 65.2 Å². The third-order valence-corrected chi connectivity index (χ3v) is 2.59. The Morgan fingerprint density at radius 3 is 1.61 bits per heavy atom. The molecule has 18 heavy (non-hydrogen) atoms. The zero-order valence-corrected chi connectivity index (χ0v) is 11.4. The smallest absolute Gasteiger partial charge is 0.354 e. The van der Waals surface area contributed by atoms with Crippen LogP contribution in [0.3, 0.4) is 0 Å². The third kappa shape index (κ3) is 10.9. The van der Waals surface area contributed by atoms with Gasteiger partial charge in [-0.15, -0.1) is 0 Å². The zero-order valence-electron chi connectivity index (χ0n) is 11.4. The fourth-order valence-electron chi connectivity index (χ4n) is 1.52. The molecule has 0 aliphatic rings. The first-order valence-electron chi connectivity index (χ1n) is 6.85. The van der Waals surface area contributed by atoms with E-state index in [2.05, 4.69) is 9.31 Å². The highest BCUT2D eigenvalue weighted by Gasteiger charge is 2.27. The van der Waals surface area contributed by atoms with Crippen molar-refractivity contribution >= 4 is 7.32 Å². The Bertz CT molecular complexity index is 169. The van der Waals surface area contributed by atoms with Gasteiger partial charge in [-0.2, -0.15) is 0 Å². The number of rotatable bonds is 12. The lowest BCUT2D eigenvalue weighted by Crippen LogP contribution is -2.29. The average Bonchev–Trinajstić information content (AvgIpc) is 2.29. The molecule has 0 heterocycles. The molecular formula is C12H24BF2O3. The van der Waals surface area contributed by atoms with Crippen LogP contribution in [0.5, 0.6) is 0 Å². The SMILES string of the molecule is CCCCCC(F)OB([O])OC(F)CCCCC. The first kappa shape index (κ1) is 17.8. The van der Waals surface area contributed by atoms with Crippen LogP contribution in [-0.4, -0.2) is 20.0 Å². The largest absolute Gasteiger partial charge is 0.671 e. The van der Waals surface area contributed by atoms with Gasteiger partial charge in [-0.1, -0.05) is 39.5 Å². The van der Waals surface area contributed by atoms with E-state index in [1.54, 1.807) is 0 Å². The molecular weight excluding hydrogens is 241 g/mol. The van der Waals surface area contributed by atoms with Gasteiger partial charge in [0.05, 0.1) is 0 Å². The monoisotopic (exact) mass is 265 g/mol. The summed E-state index contributed by atoms with van der Waals surface area (Å²) in [6, 6.07) is 0. The lowest BCUT2D eigenvalue weighted by Gasteiger charge is -2.14. The molecule has 0 aromatic carbocycles. The lowest BCUT2D eigenvalue weighted by atomic mass is 10.1.